The molecule has 0 bridgehead atoms. The minimum absolute atomic E-state index is 0.239. The van der Waals surface area contributed by atoms with E-state index in [0.717, 1.165) is 3.57 Å². The highest BCUT2D eigenvalue weighted by atomic mass is 127. The summed E-state index contributed by atoms with van der Waals surface area (Å²) >= 11 is 2.11. The number of benzene rings is 2. The molecule has 2 rings (SSSR count). The first-order chi connectivity index (χ1) is 11.6. The van der Waals surface area contributed by atoms with E-state index in [2.05, 4.69) is 33.4 Å². The molecule has 24 heavy (non-hydrogen) atoms. The monoisotopic (exact) mass is 440 g/mol. The van der Waals surface area contributed by atoms with Crippen LogP contribution in [0.15, 0.2) is 48.5 Å². The third-order valence-electron chi connectivity index (χ3n) is 2.91. The lowest BCUT2D eigenvalue weighted by atomic mass is 10.2. The van der Waals surface area contributed by atoms with Crippen molar-refractivity contribution in [2.24, 2.45) is 0 Å². The summed E-state index contributed by atoms with van der Waals surface area (Å²) in [7, 11) is 0. The van der Waals surface area contributed by atoms with Gasteiger partial charge < -0.3 is 9.47 Å². The molecule has 126 valence electrons. The molecule has 2 N–H and O–H groups in total. The number of amides is 2. The lowest BCUT2D eigenvalue weighted by molar-refractivity contribution is -0.123. The lowest BCUT2D eigenvalue weighted by Crippen LogP contribution is -2.43. The highest BCUT2D eigenvalue weighted by Crippen LogP contribution is 2.26. The van der Waals surface area contributed by atoms with Crippen LogP contribution < -0.4 is 20.3 Å². The molecule has 2 amide bonds. The Balaban J connectivity index is 1.83. The number of hydrogen-bond acceptors (Lipinski definition) is 4. The van der Waals surface area contributed by atoms with E-state index in [1.807, 2.05) is 19.1 Å². The SMILES string of the molecule is CCOc1ccccc1OCC(=O)NNC(=O)c1cccc(I)c1. The Kier molecular flexibility index (Phi) is 6.86. The zero-order valence-electron chi connectivity index (χ0n) is 13.0. The molecule has 0 aliphatic rings. The molecule has 0 fully saturated rings. The van der Waals surface area contributed by atoms with E-state index in [4.69, 9.17) is 9.47 Å². The summed E-state index contributed by atoms with van der Waals surface area (Å²) in [6.07, 6.45) is 0. The summed E-state index contributed by atoms with van der Waals surface area (Å²) in [5.74, 6) is 0.172. The van der Waals surface area contributed by atoms with Crippen LogP contribution in [-0.4, -0.2) is 25.0 Å². The Bertz CT molecular complexity index is 721. The molecule has 0 saturated carbocycles. The Morgan fingerprint density at radius 3 is 2.38 bits per heavy atom. The molecule has 0 aliphatic carbocycles. The molecule has 0 heterocycles. The number of carbonyl (C=O) groups is 2. The average Bonchev–Trinajstić information content (AvgIpc) is 2.59. The van der Waals surface area contributed by atoms with Crippen LogP contribution in [0.5, 0.6) is 11.5 Å². The first-order valence-electron chi connectivity index (χ1n) is 7.29. The summed E-state index contributed by atoms with van der Waals surface area (Å²) in [4.78, 5) is 23.7. The molecule has 0 aromatic heterocycles. The quantitative estimate of drug-likeness (QED) is 0.535. The van der Waals surface area contributed by atoms with Crippen LogP contribution >= 0.6 is 22.6 Å². The van der Waals surface area contributed by atoms with E-state index in [0.29, 0.717) is 23.7 Å². The summed E-state index contributed by atoms with van der Waals surface area (Å²) in [5, 5.41) is 0. The van der Waals surface area contributed by atoms with Crippen LogP contribution in [0.2, 0.25) is 0 Å². The molecule has 0 atom stereocenters. The van der Waals surface area contributed by atoms with Crippen molar-refractivity contribution < 1.29 is 19.1 Å². The van der Waals surface area contributed by atoms with Gasteiger partial charge in [-0.15, -0.1) is 0 Å². The van der Waals surface area contributed by atoms with E-state index < -0.39 is 11.8 Å². The summed E-state index contributed by atoms with van der Waals surface area (Å²) in [6, 6.07) is 14.1. The van der Waals surface area contributed by atoms with E-state index in [9.17, 15) is 9.59 Å². The standard InChI is InChI=1S/C17H17IN2O4/c1-2-23-14-8-3-4-9-15(14)24-11-16(21)19-20-17(22)12-6-5-7-13(18)10-12/h3-10H,2,11H2,1H3,(H,19,21)(H,20,22). The van der Waals surface area contributed by atoms with Gasteiger partial charge in [-0.25, -0.2) is 0 Å². The number of rotatable bonds is 6. The smallest absolute Gasteiger partial charge is 0.276 e. The van der Waals surface area contributed by atoms with Gasteiger partial charge in [-0.05, 0) is 59.8 Å². The van der Waals surface area contributed by atoms with Crippen molar-refractivity contribution in [1.29, 1.82) is 0 Å². The molecule has 0 radical (unpaired) electrons. The molecular weight excluding hydrogens is 423 g/mol. The number of nitrogens with one attached hydrogen (secondary N) is 2. The van der Waals surface area contributed by atoms with E-state index in [-0.39, 0.29) is 6.61 Å². The van der Waals surface area contributed by atoms with Crippen molar-refractivity contribution in [3.8, 4) is 11.5 Å². The summed E-state index contributed by atoms with van der Waals surface area (Å²) in [6.45, 7) is 2.12. The number of ether oxygens (including phenoxy) is 2. The second-order valence-electron chi connectivity index (χ2n) is 4.68. The van der Waals surface area contributed by atoms with Crippen molar-refractivity contribution in [2.45, 2.75) is 6.92 Å². The van der Waals surface area contributed by atoms with Gasteiger partial charge in [0.2, 0.25) is 0 Å². The Hall–Kier alpha value is -2.29. The normalized spacial score (nSPS) is 9.92. The van der Waals surface area contributed by atoms with Crippen LogP contribution in [0.1, 0.15) is 17.3 Å². The molecular formula is C17H17IN2O4. The predicted molar refractivity (Wildman–Crippen MR) is 97.9 cm³/mol. The van der Waals surface area contributed by atoms with Gasteiger partial charge in [-0.3, -0.25) is 20.4 Å². The van der Waals surface area contributed by atoms with Crippen LogP contribution in [-0.2, 0) is 4.79 Å². The van der Waals surface area contributed by atoms with Gasteiger partial charge in [0.15, 0.2) is 18.1 Å². The van der Waals surface area contributed by atoms with Crippen molar-refractivity contribution in [1.82, 2.24) is 10.9 Å². The van der Waals surface area contributed by atoms with Crippen molar-refractivity contribution >= 4 is 34.4 Å². The third kappa shape index (κ3) is 5.41. The van der Waals surface area contributed by atoms with Gasteiger partial charge in [0, 0.05) is 9.13 Å². The van der Waals surface area contributed by atoms with Gasteiger partial charge in [0.1, 0.15) is 0 Å². The molecule has 2 aromatic rings. The fourth-order valence-electron chi connectivity index (χ4n) is 1.85. The molecule has 0 aliphatic heterocycles. The van der Waals surface area contributed by atoms with Crippen LogP contribution in [0.25, 0.3) is 0 Å². The van der Waals surface area contributed by atoms with Crippen LogP contribution in [0, 0.1) is 3.57 Å². The molecule has 7 heteroatoms. The summed E-state index contributed by atoms with van der Waals surface area (Å²) in [5.41, 5.74) is 5.13. The van der Waals surface area contributed by atoms with Crippen molar-refractivity contribution in [3.63, 3.8) is 0 Å². The topological polar surface area (TPSA) is 76.7 Å². The molecule has 0 saturated heterocycles. The first kappa shape index (κ1) is 18.1. The van der Waals surface area contributed by atoms with Crippen molar-refractivity contribution in [2.75, 3.05) is 13.2 Å². The zero-order chi connectivity index (χ0) is 17.4. The van der Waals surface area contributed by atoms with Crippen LogP contribution in [0.4, 0.5) is 0 Å². The minimum Gasteiger partial charge on any atom is -0.490 e. The van der Waals surface area contributed by atoms with Gasteiger partial charge in [0.25, 0.3) is 11.8 Å². The fourth-order valence-corrected chi connectivity index (χ4v) is 2.40. The van der Waals surface area contributed by atoms with Gasteiger partial charge in [-0.1, -0.05) is 18.2 Å². The zero-order valence-corrected chi connectivity index (χ0v) is 15.2. The summed E-state index contributed by atoms with van der Waals surface area (Å²) < 4.78 is 11.8. The van der Waals surface area contributed by atoms with E-state index >= 15 is 0 Å². The maximum Gasteiger partial charge on any atom is 0.276 e. The Morgan fingerprint density at radius 2 is 1.71 bits per heavy atom. The highest BCUT2D eigenvalue weighted by molar-refractivity contribution is 14.1. The maximum absolute atomic E-state index is 11.9. The second-order valence-corrected chi connectivity index (χ2v) is 5.93. The number of para-hydroxylation sites is 2. The Morgan fingerprint density at radius 1 is 1.00 bits per heavy atom. The number of hydrazine groups is 1. The Labute approximate surface area is 153 Å². The van der Waals surface area contributed by atoms with Gasteiger partial charge in [0.05, 0.1) is 6.61 Å². The van der Waals surface area contributed by atoms with E-state index in [1.165, 1.54) is 0 Å². The van der Waals surface area contributed by atoms with Crippen molar-refractivity contribution in [3.05, 3.63) is 57.7 Å². The van der Waals surface area contributed by atoms with E-state index in [1.54, 1.807) is 36.4 Å². The maximum atomic E-state index is 11.9. The van der Waals surface area contributed by atoms with Gasteiger partial charge in [-0.2, -0.15) is 0 Å². The first-order valence-corrected chi connectivity index (χ1v) is 8.37. The number of halogens is 1. The third-order valence-corrected chi connectivity index (χ3v) is 3.58. The molecule has 0 spiro atoms. The fraction of sp³-hybridized carbons (Fsp3) is 0.176. The lowest BCUT2D eigenvalue weighted by Gasteiger charge is -2.12. The van der Waals surface area contributed by atoms with Gasteiger partial charge >= 0.3 is 0 Å². The number of hydrogen-bond donors (Lipinski definition) is 2. The predicted octanol–water partition coefficient (Wildman–Crippen LogP) is 2.53. The molecule has 2 aromatic carbocycles. The average molecular weight is 440 g/mol. The molecule has 0 unspecified atom stereocenters. The second kappa shape index (κ2) is 9.11. The van der Waals surface area contributed by atoms with Crippen LogP contribution in [0.3, 0.4) is 0 Å². The molecule has 6 nitrogen and oxygen atoms in total. The minimum atomic E-state index is -0.472. The largest absolute Gasteiger partial charge is 0.490 e. The number of carbonyl (C=O) groups excluding carboxylic acids is 2. The highest BCUT2D eigenvalue weighted by Gasteiger charge is 2.10.